The molecule has 17 heavy (non-hydrogen) atoms. The smallest absolute Gasteiger partial charge is 0.147 e. The highest BCUT2D eigenvalue weighted by Crippen LogP contribution is 2.47. The van der Waals surface area contributed by atoms with Crippen LogP contribution >= 0.6 is 11.6 Å². The number of aromatic nitrogens is 1. The van der Waals surface area contributed by atoms with Crippen LogP contribution in [0.4, 0.5) is 0 Å². The third-order valence-corrected chi connectivity index (χ3v) is 4.67. The number of pyridine rings is 1. The summed E-state index contributed by atoms with van der Waals surface area (Å²) in [6.07, 6.45) is 8.79. The average Bonchev–Trinajstić information content (AvgIpc) is 2.77. The number of nitrogens with zero attached hydrogens (tertiary/aromatic N) is 2. The molecule has 0 amide bonds. The summed E-state index contributed by atoms with van der Waals surface area (Å²) in [5.41, 5.74) is 3.42. The molecule has 1 fully saturated rings. The molecule has 3 rings (SSSR count). The van der Waals surface area contributed by atoms with Crippen LogP contribution in [0.1, 0.15) is 48.9 Å². The second-order valence-electron chi connectivity index (χ2n) is 5.43. The Labute approximate surface area is 107 Å². The molecule has 0 N–H and O–H groups in total. The van der Waals surface area contributed by atoms with Crippen LogP contribution in [-0.4, -0.2) is 4.98 Å². The molecule has 0 aromatic carbocycles. The van der Waals surface area contributed by atoms with Crippen LogP contribution in [0.25, 0.3) is 0 Å². The Kier molecular flexibility index (Phi) is 2.60. The van der Waals surface area contributed by atoms with Gasteiger partial charge in [0.15, 0.2) is 0 Å². The van der Waals surface area contributed by atoms with E-state index >= 15 is 0 Å². The minimum atomic E-state index is 0.369. The van der Waals surface area contributed by atoms with Crippen molar-refractivity contribution in [2.75, 3.05) is 0 Å². The van der Waals surface area contributed by atoms with Crippen LogP contribution in [-0.2, 0) is 12.8 Å². The lowest BCUT2D eigenvalue weighted by atomic mass is 9.71. The Balaban J connectivity index is 1.99. The van der Waals surface area contributed by atoms with Gasteiger partial charge in [0.25, 0.3) is 0 Å². The quantitative estimate of drug-likeness (QED) is 0.655. The number of halogens is 1. The monoisotopic (exact) mass is 246 g/mol. The van der Waals surface area contributed by atoms with Gasteiger partial charge in [-0.05, 0) is 49.1 Å². The van der Waals surface area contributed by atoms with Gasteiger partial charge in [0.05, 0.1) is 5.56 Å². The van der Waals surface area contributed by atoms with Gasteiger partial charge in [-0.15, -0.1) is 0 Å². The first kappa shape index (κ1) is 11.0. The van der Waals surface area contributed by atoms with E-state index in [1.165, 1.54) is 37.7 Å². The average molecular weight is 247 g/mol. The topological polar surface area (TPSA) is 36.7 Å². The molecule has 0 aliphatic heterocycles. The zero-order chi connectivity index (χ0) is 11.9. The second-order valence-corrected chi connectivity index (χ2v) is 5.79. The van der Waals surface area contributed by atoms with E-state index in [0.29, 0.717) is 16.1 Å². The van der Waals surface area contributed by atoms with Crippen molar-refractivity contribution in [2.45, 2.75) is 44.9 Å². The van der Waals surface area contributed by atoms with Crippen LogP contribution in [0.2, 0.25) is 5.15 Å². The highest BCUT2D eigenvalue weighted by atomic mass is 35.5. The van der Waals surface area contributed by atoms with Crippen LogP contribution < -0.4 is 0 Å². The first-order valence-electron chi connectivity index (χ1n) is 6.31. The van der Waals surface area contributed by atoms with E-state index in [1.807, 2.05) is 6.07 Å². The van der Waals surface area contributed by atoms with Crippen molar-refractivity contribution in [1.29, 1.82) is 5.26 Å². The summed E-state index contributed by atoms with van der Waals surface area (Å²) in [7, 11) is 0. The molecule has 2 aliphatic carbocycles. The highest BCUT2D eigenvalue weighted by molar-refractivity contribution is 6.30. The Morgan fingerprint density at radius 3 is 2.76 bits per heavy atom. The van der Waals surface area contributed by atoms with Gasteiger partial charge in [-0.2, -0.15) is 5.26 Å². The van der Waals surface area contributed by atoms with Gasteiger partial charge < -0.3 is 0 Å². The first-order chi connectivity index (χ1) is 8.22. The summed E-state index contributed by atoms with van der Waals surface area (Å²) in [5.74, 6) is 0. The summed E-state index contributed by atoms with van der Waals surface area (Å²) in [4.78, 5) is 4.38. The third kappa shape index (κ3) is 1.83. The van der Waals surface area contributed by atoms with E-state index < -0.39 is 0 Å². The van der Waals surface area contributed by atoms with Crippen molar-refractivity contribution in [3.05, 3.63) is 28.0 Å². The molecule has 1 saturated carbocycles. The molecule has 0 saturated heterocycles. The van der Waals surface area contributed by atoms with Crippen molar-refractivity contribution in [1.82, 2.24) is 4.98 Å². The van der Waals surface area contributed by atoms with Crippen molar-refractivity contribution < 1.29 is 0 Å². The molecule has 0 unspecified atom stereocenters. The maximum absolute atomic E-state index is 9.00. The lowest BCUT2D eigenvalue weighted by molar-refractivity contribution is 0.252. The Bertz CT molecular complexity index is 496. The Morgan fingerprint density at radius 2 is 2.06 bits per heavy atom. The number of fused-ring (bicyclic) bond motifs is 1. The number of nitriles is 1. The second kappa shape index (κ2) is 3.99. The molecule has 2 aliphatic rings. The molecule has 1 heterocycles. The number of rotatable bonds is 0. The van der Waals surface area contributed by atoms with Crippen LogP contribution in [0.3, 0.4) is 0 Å². The molecule has 0 atom stereocenters. The van der Waals surface area contributed by atoms with E-state index in [9.17, 15) is 0 Å². The Hall–Kier alpha value is -1.07. The van der Waals surface area contributed by atoms with E-state index in [-0.39, 0.29) is 0 Å². The summed E-state index contributed by atoms with van der Waals surface area (Å²) in [6, 6.07) is 4.09. The third-order valence-electron chi connectivity index (χ3n) is 4.39. The summed E-state index contributed by atoms with van der Waals surface area (Å²) < 4.78 is 0. The largest absolute Gasteiger partial charge is 0.239 e. The van der Waals surface area contributed by atoms with Crippen LogP contribution in [0, 0.1) is 16.7 Å². The molecular formula is C14H15ClN2. The van der Waals surface area contributed by atoms with Gasteiger partial charge in [-0.25, -0.2) is 4.98 Å². The van der Waals surface area contributed by atoms with Gasteiger partial charge in [-0.3, -0.25) is 0 Å². The SMILES string of the molecule is N#Cc1cc2c(nc1Cl)CCC1(CCCC1)C2. The van der Waals surface area contributed by atoms with Crippen molar-refractivity contribution in [3.8, 4) is 6.07 Å². The summed E-state index contributed by atoms with van der Waals surface area (Å²) in [6.45, 7) is 0. The molecule has 0 bridgehead atoms. The maximum atomic E-state index is 9.00. The van der Waals surface area contributed by atoms with Crippen LogP contribution in [0.5, 0.6) is 0 Å². The normalized spacial score (nSPS) is 21.2. The predicted octanol–water partition coefficient (Wildman–Crippen LogP) is 3.66. The lowest BCUT2D eigenvalue weighted by Crippen LogP contribution is -2.26. The van der Waals surface area contributed by atoms with Gasteiger partial charge >= 0.3 is 0 Å². The fourth-order valence-electron chi connectivity index (χ4n) is 3.44. The van der Waals surface area contributed by atoms with Crippen LogP contribution in [0.15, 0.2) is 6.07 Å². The Morgan fingerprint density at radius 1 is 1.29 bits per heavy atom. The summed E-state index contributed by atoms with van der Waals surface area (Å²) in [5, 5.41) is 9.37. The minimum absolute atomic E-state index is 0.369. The molecule has 1 aromatic heterocycles. The van der Waals surface area contributed by atoms with Gasteiger partial charge in [0.2, 0.25) is 0 Å². The fourth-order valence-corrected chi connectivity index (χ4v) is 3.64. The minimum Gasteiger partial charge on any atom is -0.239 e. The van der Waals surface area contributed by atoms with Crippen molar-refractivity contribution in [3.63, 3.8) is 0 Å². The zero-order valence-electron chi connectivity index (χ0n) is 9.80. The molecule has 0 radical (unpaired) electrons. The lowest BCUT2D eigenvalue weighted by Gasteiger charge is -2.34. The fraction of sp³-hybridized carbons (Fsp3) is 0.571. The van der Waals surface area contributed by atoms with Crippen molar-refractivity contribution >= 4 is 11.6 Å². The standard InChI is InChI=1S/C14H15ClN2/c15-13-11(9-16)7-10-8-14(4-1-2-5-14)6-3-12(10)17-13/h7H,1-6,8H2. The van der Waals surface area contributed by atoms with E-state index in [0.717, 1.165) is 18.5 Å². The van der Waals surface area contributed by atoms with E-state index in [2.05, 4.69) is 11.1 Å². The van der Waals surface area contributed by atoms with E-state index in [4.69, 9.17) is 16.9 Å². The number of hydrogen-bond donors (Lipinski definition) is 0. The molecular weight excluding hydrogens is 232 g/mol. The molecule has 88 valence electrons. The van der Waals surface area contributed by atoms with Gasteiger partial charge in [0.1, 0.15) is 11.2 Å². The molecule has 1 spiro atoms. The molecule has 2 nitrogen and oxygen atoms in total. The first-order valence-corrected chi connectivity index (χ1v) is 6.69. The van der Waals surface area contributed by atoms with Gasteiger partial charge in [0, 0.05) is 5.69 Å². The van der Waals surface area contributed by atoms with Gasteiger partial charge in [-0.1, -0.05) is 24.4 Å². The number of aryl methyl sites for hydroxylation is 1. The maximum Gasteiger partial charge on any atom is 0.147 e. The van der Waals surface area contributed by atoms with Crippen molar-refractivity contribution in [2.24, 2.45) is 5.41 Å². The molecule has 1 aromatic rings. The predicted molar refractivity (Wildman–Crippen MR) is 66.9 cm³/mol. The van der Waals surface area contributed by atoms with E-state index in [1.54, 1.807) is 0 Å². The highest BCUT2D eigenvalue weighted by Gasteiger charge is 2.37. The zero-order valence-corrected chi connectivity index (χ0v) is 10.6. The molecule has 3 heteroatoms. The number of hydrogen-bond acceptors (Lipinski definition) is 2. The summed E-state index contributed by atoms with van der Waals surface area (Å²) >= 11 is 5.98.